The second kappa shape index (κ2) is 4.01. The first-order chi connectivity index (χ1) is 4.81. The van der Waals surface area contributed by atoms with Crippen LogP contribution in [0.3, 0.4) is 0 Å². The number of aliphatic hydroxyl groups excluding tert-OH is 2. The summed E-state index contributed by atoms with van der Waals surface area (Å²) >= 11 is 0. The highest BCUT2D eigenvalue weighted by Gasteiger charge is 2.10. The van der Waals surface area contributed by atoms with Crippen molar-refractivity contribution < 1.29 is 23.2 Å². The molecule has 0 amide bonds. The molecule has 0 spiro atoms. The summed E-state index contributed by atoms with van der Waals surface area (Å²) in [6, 6.07) is 0. The largest absolute Gasteiger partial charge is 0.748 e. The lowest BCUT2D eigenvalue weighted by Gasteiger charge is -2.14. The number of hydrogen-bond donors (Lipinski definition) is 2. The van der Waals surface area contributed by atoms with E-state index < -0.39 is 28.1 Å². The minimum Gasteiger partial charge on any atom is -0.748 e. The third-order valence-corrected chi connectivity index (χ3v) is 1.80. The molecule has 0 aromatic heterocycles. The number of aliphatic hydroxyl groups is 2. The molecule has 6 heteroatoms. The monoisotopic (exact) mass is 183 g/mol. The normalized spacial score (nSPS) is 17.8. The fourth-order valence-electron chi connectivity index (χ4n) is 0.697. The van der Waals surface area contributed by atoms with E-state index in [9.17, 15) is 13.0 Å². The van der Waals surface area contributed by atoms with Crippen molar-refractivity contribution in [2.24, 2.45) is 0 Å². The lowest BCUT2D eigenvalue weighted by molar-refractivity contribution is 0.102. The fraction of sp³-hybridized carbons (Fsp3) is 1.00. The van der Waals surface area contributed by atoms with Crippen LogP contribution in [0, 0.1) is 0 Å². The highest BCUT2D eigenvalue weighted by Crippen LogP contribution is 1.99. The molecule has 0 bridgehead atoms. The Balaban J connectivity index is 3.80. The molecular weight excluding hydrogens is 172 g/mol. The van der Waals surface area contributed by atoms with Crippen LogP contribution < -0.4 is 0 Å². The lowest BCUT2D eigenvalue weighted by Crippen LogP contribution is -2.24. The Bertz CT molecular complexity index is 195. The summed E-state index contributed by atoms with van der Waals surface area (Å²) in [5.41, 5.74) is 0. The summed E-state index contributed by atoms with van der Waals surface area (Å²) in [6.07, 6.45) is -2.16. The average Bonchev–Trinajstić information content (AvgIpc) is 1.53. The van der Waals surface area contributed by atoms with Crippen LogP contribution in [0.4, 0.5) is 0 Å². The molecule has 0 aliphatic rings. The third kappa shape index (κ3) is 7.73. The van der Waals surface area contributed by atoms with Crippen LogP contribution in [0.5, 0.6) is 0 Å². The summed E-state index contributed by atoms with van der Waals surface area (Å²) < 4.78 is 30.1. The summed E-state index contributed by atoms with van der Waals surface area (Å²) in [4.78, 5) is 0. The van der Waals surface area contributed by atoms with Crippen molar-refractivity contribution >= 4 is 10.1 Å². The Morgan fingerprint density at radius 1 is 1.45 bits per heavy atom. The molecule has 0 saturated carbocycles. The van der Waals surface area contributed by atoms with Crippen LogP contribution in [0.2, 0.25) is 0 Å². The Morgan fingerprint density at radius 2 is 1.91 bits per heavy atom. The zero-order valence-corrected chi connectivity index (χ0v) is 6.91. The molecule has 0 heterocycles. The molecule has 2 N–H and O–H groups in total. The van der Waals surface area contributed by atoms with Crippen molar-refractivity contribution in [3.63, 3.8) is 0 Å². The van der Waals surface area contributed by atoms with Gasteiger partial charge in [-0.2, -0.15) is 0 Å². The molecule has 0 aromatic carbocycles. The molecular formula is C5H11O5S-. The molecule has 11 heavy (non-hydrogen) atoms. The van der Waals surface area contributed by atoms with Gasteiger partial charge in [0.25, 0.3) is 0 Å². The topological polar surface area (TPSA) is 97.7 Å². The molecule has 0 aliphatic carbocycles. The first kappa shape index (κ1) is 10.8. The van der Waals surface area contributed by atoms with Gasteiger partial charge < -0.3 is 14.8 Å². The van der Waals surface area contributed by atoms with Gasteiger partial charge in [0.15, 0.2) is 0 Å². The second-order valence-electron chi connectivity index (χ2n) is 2.46. The van der Waals surface area contributed by atoms with Gasteiger partial charge in [-0.1, -0.05) is 0 Å². The summed E-state index contributed by atoms with van der Waals surface area (Å²) in [6.45, 7) is 1.40. The van der Waals surface area contributed by atoms with E-state index >= 15 is 0 Å². The van der Waals surface area contributed by atoms with Crippen molar-refractivity contribution in [3.8, 4) is 0 Å². The minimum atomic E-state index is -4.38. The molecule has 0 aromatic rings. The van der Waals surface area contributed by atoms with Gasteiger partial charge in [-0.05, 0) is 13.3 Å². The predicted molar refractivity (Wildman–Crippen MR) is 36.9 cm³/mol. The van der Waals surface area contributed by atoms with Gasteiger partial charge in [-0.25, -0.2) is 8.42 Å². The van der Waals surface area contributed by atoms with E-state index in [4.69, 9.17) is 10.2 Å². The Labute approximate surface area is 65.4 Å². The second-order valence-corrected chi connectivity index (χ2v) is 3.91. The zero-order valence-electron chi connectivity index (χ0n) is 6.10. The summed E-state index contributed by atoms with van der Waals surface area (Å²) in [5.74, 6) is -0.835. The van der Waals surface area contributed by atoms with Gasteiger partial charge >= 0.3 is 0 Å². The molecule has 0 saturated heterocycles. The Hall–Kier alpha value is -0.170. The van der Waals surface area contributed by atoms with E-state index in [0.717, 1.165) is 0 Å². The standard InChI is InChI=1S/C5H12O5S/c1-4(6)2-5(7)3-11(8,9)10/h4-7H,2-3H2,1H3,(H,8,9,10)/p-1. The molecule has 0 rings (SSSR count). The average molecular weight is 183 g/mol. The minimum absolute atomic E-state index is 0.0958. The SMILES string of the molecule is CC(O)CC(O)CS(=O)(=O)[O-]. The highest BCUT2D eigenvalue weighted by molar-refractivity contribution is 7.85. The quantitative estimate of drug-likeness (QED) is 0.526. The lowest BCUT2D eigenvalue weighted by atomic mass is 10.2. The maximum absolute atomic E-state index is 10.0. The Kier molecular flexibility index (Phi) is 3.95. The van der Waals surface area contributed by atoms with Crippen LogP contribution in [0.25, 0.3) is 0 Å². The van der Waals surface area contributed by atoms with Crippen molar-refractivity contribution in [2.45, 2.75) is 25.6 Å². The van der Waals surface area contributed by atoms with Crippen LogP contribution >= 0.6 is 0 Å². The predicted octanol–water partition coefficient (Wildman–Crippen LogP) is -1.34. The molecule has 2 unspecified atom stereocenters. The molecule has 68 valence electrons. The first-order valence-electron chi connectivity index (χ1n) is 3.11. The van der Waals surface area contributed by atoms with E-state index in [-0.39, 0.29) is 6.42 Å². The van der Waals surface area contributed by atoms with Crippen molar-refractivity contribution in [2.75, 3.05) is 5.75 Å². The Morgan fingerprint density at radius 3 is 2.18 bits per heavy atom. The smallest absolute Gasteiger partial charge is 0.0971 e. The fourth-order valence-corrected chi connectivity index (χ4v) is 1.30. The molecule has 5 nitrogen and oxygen atoms in total. The van der Waals surface area contributed by atoms with Crippen molar-refractivity contribution in [3.05, 3.63) is 0 Å². The van der Waals surface area contributed by atoms with Crippen LogP contribution in [0.1, 0.15) is 13.3 Å². The van der Waals surface area contributed by atoms with Gasteiger partial charge in [0.1, 0.15) is 0 Å². The van der Waals surface area contributed by atoms with Gasteiger partial charge in [0, 0.05) is 0 Å². The molecule has 0 fully saturated rings. The third-order valence-electron chi connectivity index (χ3n) is 1.01. The van der Waals surface area contributed by atoms with Crippen LogP contribution in [-0.4, -0.2) is 41.1 Å². The van der Waals surface area contributed by atoms with E-state index in [0.29, 0.717) is 0 Å². The van der Waals surface area contributed by atoms with E-state index in [1.54, 1.807) is 0 Å². The first-order valence-corrected chi connectivity index (χ1v) is 4.68. The van der Waals surface area contributed by atoms with Gasteiger partial charge in [0.2, 0.25) is 0 Å². The van der Waals surface area contributed by atoms with Crippen LogP contribution in [0.15, 0.2) is 0 Å². The van der Waals surface area contributed by atoms with Gasteiger partial charge in [-0.3, -0.25) is 0 Å². The van der Waals surface area contributed by atoms with E-state index in [1.807, 2.05) is 0 Å². The summed E-state index contributed by atoms with van der Waals surface area (Å²) in [7, 11) is -4.38. The molecule has 0 aliphatic heterocycles. The van der Waals surface area contributed by atoms with Crippen molar-refractivity contribution in [1.29, 1.82) is 0 Å². The molecule has 2 atom stereocenters. The number of hydrogen-bond acceptors (Lipinski definition) is 5. The summed E-state index contributed by atoms with van der Waals surface area (Å²) in [5, 5.41) is 17.5. The van der Waals surface area contributed by atoms with Gasteiger partial charge in [-0.15, -0.1) is 0 Å². The number of rotatable bonds is 4. The van der Waals surface area contributed by atoms with E-state index in [2.05, 4.69) is 0 Å². The highest BCUT2D eigenvalue weighted by atomic mass is 32.2. The van der Waals surface area contributed by atoms with Gasteiger partial charge in [0.05, 0.1) is 28.1 Å². The zero-order chi connectivity index (χ0) is 9.07. The van der Waals surface area contributed by atoms with Crippen molar-refractivity contribution in [1.82, 2.24) is 0 Å². The maximum atomic E-state index is 10.0. The van der Waals surface area contributed by atoms with Crippen LogP contribution in [-0.2, 0) is 10.1 Å². The van der Waals surface area contributed by atoms with E-state index in [1.165, 1.54) is 6.92 Å². The molecule has 0 radical (unpaired) electrons. The maximum Gasteiger partial charge on any atom is 0.0971 e.